The van der Waals surface area contributed by atoms with Gasteiger partial charge in [0, 0.05) is 11.3 Å². The summed E-state index contributed by atoms with van der Waals surface area (Å²) in [5, 5.41) is 0.514. The van der Waals surface area contributed by atoms with Crippen molar-refractivity contribution < 1.29 is 4.79 Å². The Balaban J connectivity index is 1.65. The molecular weight excluding hydrogens is 294 g/mol. The fourth-order valence-corrected chi connectivity index (χ4v) is 2.54. The van der Waals surface area contributed by atoms with Crippen molar-refractivity contribution in [3.63, 3.8) is 0 Å². The van der Waals surface area contributed by atoms with Gasteiger partial charge in [0.05, 0.1) is 5.39 Å². The Morgan fingerprint density at radius 3 is 2.57 bits per heavy atom. The van der Waals surface area contributed by atoms with Crippen LogP contribution in [0.5, 0.6) is 0 Å². The second-order valence-corrected chi connectivity index (χ2v) is 5.42. The van der Waals surface area contributed by atoms with Crippen LogP contribution in [0.3, 0.4) is 0 Å². The van der Waals surface area contributed by atoms with Crippen LogP contribution in [-0.2, 0) is 12.8 Å². The summed E-state index contributed by atoms with van der Waals surface area (Å²) in [4.78, 5) is 32.4. The largest absolute Gasteiger partial charge is 0.369 e. The standard InChI is InChI=1S/C16H17N5O2/c17-13(22)10-6-4-9(5-7-10)2-1-3-11-8-12-14(19-11)20-16(18)21-15(12)23/h4-8H,1-3H2,(H2,17,22)(H4,18,19,20,21,23). The number of carbonyl (C=O) groups is 1. The van der Waals surface area contributed by atoms with Gasteiger partial charge >= 0.3 is 0 Å². The Kier molecular flexibility index (Phi) is 3.84. The molecule has 7 nitrogen and oxygen atoms in total. The minimum atomic E-state index is -0.424. The number of nitrogens with zero attached hydrogens (tertiary/aromatic N) is 1. The van der Waals surface area contributed by atoms with Gasteiger partial charge in [-0.3, -0.25) is 14.6 Å². The number of fused-ring (bicyclic) bond motifs is 1. The third-order valence-electron chi connectivity index (χ3n) is 3.72. The molecule has 3 rings (SSSR count). The summed E-state index contributed by atoms with van der Waals surface area (Å²) in [6, 6.07) is 9.06. The van der Waals surface area contributed by atoms with E-state index in [2.05, 4.69) is 15.0 Å². The minimum absolute atomic E-state index is 0.102. The Labute approximate surface area is 131 Å². The van der Waals surface area contributed by atoms with Crippen molar-refractivity contribution in [2.75, 3.05) is 5.73 Å². The number of nitrogen functional groups attached to an aromatic ring is 1. The quantitative estimate of drug-likeness (QED) is 0.562. The van der Waals surface area contributed by atoms with Gasteiger partial charge in [0.2, 0.25) is 11.9 Å². The van der Waals surface area contributed by atoms with Gasteiger partial charge in [-0.1, -0.05) is 12.1 Å². The highest BCUT2D eigenvalue weighted by atomic mass is 16.1. The van der Waals surface area contributed by atoms with Gasteiger partial charge in [0.25, 0.3) is 5.56 Å². The van der Waals surface area contributed by atoms with Gasteiger partial charge in [-0.25, -0.2) is 0 Å². The monoisotopic (exact) mass is 311 g/mol. The highest BCUT2D eigenvalue weighted by Crippen LogP contribution is 2.13. The van der Waals surface area contributed by atoms with Gasteiger partial charge in [0.15, 0.2) is 0 Å². The summed E-state index contributed by atoms with van der Waals surface area (Å²) in [5.41, 5.74) is 13.6. The third kappa shape index (κ3) is 3.23. The molecule has 2 heterocycles. The molecule has 2 aromatic heterocycles. The molecule has 0 atom stereocenters. The maximum atomic E-state index is 11.8. The van der Waals surface area contributed by atoms with Crippen LogP contribution in [-0.4, -0.2) is 20.9 Å². The first-order valence-corrected chi connectivity index (χ1v) is 7.29. The Morgan fingerprint density at radius 2 is 1.87 bits per heavy atom. The highest BCUT2D eigenvalue weighted by Gasteiger charge is 2.07. The van der Waals surface area contributed by atoms with E-state index in [9.17, 15) is 9.59 Å². The summed E-state index contributed by atoms with van der Waals surface area (Å²) in [6.07, 6.45) is 2.55. The summed E-state index contributed by atoms with van der Waals surface area (Å²) in [5.74, 6) is -0.322. The molecule has 0 saturated carbocycles. The normalized spacial score (nSPS) is 11.0. The van der Waals surface area contributed by atoms with E-state index >= 15 is 0 Å². The van der Waals surface area contributed by atoms with Gasteiger partial charge < -0.3 is 16.5 Å². The van der Waals surface area contributed by atoms with Crippen molar-refractivity contribution in [2.45, 2.75) is 19.3 Å². The molecule has 0 saturated heterocycles. The first-order valence-electron chi connectivity index (χ1n) is 7.29. The number of nitrogens with two attached hydrogens (primary N) is 2. The topological polar surface area (TPSA) is 131 Å². The van der Waals surface area contributed by atoms with E-state index < -0.39 is 5.91 Å². The summed E-state index contributed by atoms with van der Waals surface area (Å²) in [6.45, 7) is 0. The van der Waals surface area contributed by atoms with Crippen LogP contribution in [0, 0.1) is 0 Å². The zero-order valence-electron chi connectivity index (χ0n) is 12.4. The molecule has 0 spiro atoms. The molecule has 0 aliphatic heterocycles. The number of benzene rings is 1. The fourth-order valence-electron chi connectivity index (χ4n) is 2.54. The Morgan fingerprint density at radius 1 is 1.13 bits per heavy atom. The lowest BCUT2D eigenvalue weighted by atomic mass is 10.0. The van der Waals surface area contributed by atoms with Crippen molar-refractivity contribution in [2.24, 2.45) is 5.73 Å². The number of primary amides is 1. The zero-order chi connectivity index (χ0) is 16.4. The molecule has 1 amide bonds. The molecule has 7 heteroatoms. The van der Waals surface area contributed by atoms with Gasteiger partial charge in [0.1, 0.15) is 5.65 Å². The predicted octanol–water partition coefficient (Wildman–Crippen LogP) is 1.11. The number of anilines is 1. The summed E-state index contributed by atoms with van der Waals surface area (Å²) >= 11 is 0. The number of hydrogen-bond donors (Lipinski definition) is 4. The molecule has 3 aromatic rings. The zero-order valence-corrected chi connectivity index (χ0v) is 12.4. The molecule has 23 heavy (non-hydrogen) atoms. The summed E-state index contributed by atoms with van der Waals surface area (Å²) < 4.78 is 0. The SMILES string of the molecule is NC(=O)c1ccc(CCCc2cc3c(=O)[nH]c(N)nc3[nH]2)cc1. The lowest BCUT2D eigenvalue weighted by Gasteiger charge is -2.02. The third-order valence-corrected chi connectivity index (χ3v) is 3.72. The Bertz CT molecular complexity index is 908. The number of hydrogen-bond acceptors (Lipinski definition) is 4. The first-order chi connectivity index (χ1) is 11.0. The number of amides is 1. The van der Waals surface area contributed by atoms with E-state index in [1.165, 1.54) is 0 Å². The maximum absolute atomic E-state index is 11.8. The number of carbonyl (C=O) groups excluding carboxylic acids is 1. The highest BCUT2D eigenvalue weighted by molar-refractivity contribution is 5.92. The van der Waals surface area contributed by atoms with Crippen molar-refractivity contribution >= 4 is 22.9 Å². The van der Waals surface area contributed by atoms with Gasteiger partial charge in [-0.2, -0.15) is 4.98 Å². The van der Waals surface area contributed by atoms with E-state index in [0.29, 0.717) is 16.6 Å². The van der Waals surface area contributed by atoms with E-state index in [1.54, 1.807) is 18.2 Å². The average molecular weight is 311 g/mol. The van der Waals surface area contributed by atoms with Crippen molar-refractivity contribution in [1.29, 1.82) is 0 Å². The van der Waals surface area contributed by atoms with E-state index in [-0.39, 0.29) is 11.5 Å². The number of rotatable bonds is 5. The molecule has 0 radical (unpaired) electrons. The van der Waals surface area contributed by atoms with E-state index in [0.717, 1.165) is 30.5 Å². The number of aromatic nitrogens is 3. The number of nitrogens with one attached hydrogen (secondary N) is 2. The molecule has 0 aliphatic carbocycles. The second kappa shape index (κ2) is 5.96. The molecule has 0 aliphatic rings. The van der Waals surface area contributed by atoms with Crippen molar-refractivity contribution in [3.05, 3.63) is 57.5 Å². The molecule has 1 aromatic carbocycles. The van der Waals surface area contributed by atoms with Crippen molar-refractivity contribution in [1.82, 2.24) is 15.0 Å². The van der Waals surface area contributed by atoms with Gasteiger partial charge in [-0.15, -0.1) is 0 Å². The van der Waals surface area contributed by atoms with Crippen LogP contribution in [0.2, 0.25) is 0 Å². The van der Waals surface area contributed by atoms with E-state index in [4.69, 9.17) is 11.5 Å². The van der Waals surface area contributed by atoms with E-state index in [1.807, 2.05) is 12.1 Å². The molecule has 0 unspecified atom stereocenters. The van der Waals surface area contributed by atoms with Crippen LogP contribution >= 0.6 is 0 Å². The second-order valence-electron chi connectivity index (χ2n) is 5.42. The van der Waals surface area contributed by atoms with Crippen molar-refractivity contribution in [3.8, 4) is 0 Å². The molecular formula is C16H17N5O2. The van der Waals surface area contributed by atoms with Crippen LogP contribution < -0.4 is 17.0 Å². The van der Waals surface area contributed by atoms with Crippen LogP contribution in [0.25, 0.3) is 11.0 Å². The minimum Gasteiger partial charge on any atom is -0.369 e. The smallest absolute Gasteiger partial charge is 0.261 e. The lowest BCUT2D eigenvalue weighted by Crippen LogP contribution is -2.10. The number of aryl methyl sites for hydroxylation is 2. The average Bonchev–Trinajstić information content (AvgIpc) is 2.91. The molecule has 0 bridgehead atoms. The fraction of sp³-hybridized carbons (Fsp3) is 0.188. The van der Waals surface area contributed by atoms with Crippen LogP contribution in [0.15, 0.2) is 35.1 Å². The first kappa shape index (κ1) is 14.8. The molecule has 6 N–H and O–H groups in total. The Hall–Kier alpha value is -3.09. The molecule has 0 fully saturated rings. The number of H-pyrrole nitrogens is 2. The van der Waals surface area contributed by atoms with Crippen LogP contribution in [0.4, 0.5) is 5.95 Å². The maximum Gasteiger partial charge on any atom is 0.261 e. The summed E-state index contributed by atoms with van der Waals surface area (Å²) in [7, 11) is 0. The molecule has 118 valence electrons. The van der Waals surface area contributed by atoms with Crippen LogP contribution in [0.1, 0.15) is 28.0 Å². The number of aromatic amines is 2. The lowest BCUT2D eigenvalue weighted by molar-refractivity contribution is 0.100. The van der Waals surface area contributed by atoms with Gasteiger partial charge in [-0.05, 0) is 43.0 Å². The predicted molar refractivity (Wildman–Crippen MR) is 88.1 cm³/mol.